The lowest BCUT2D eigenvalue weighted by Crippen LogP contribution is -2.43. The van der Waals surface area contributed by atoms with Crippen LogP contribution in [0.15, 0.2) is 54.6 Å². The number of carboxylic acid groups (broad SMARTS) is 1. The maximum atomic E-state index is 13.4. The van der Waals surface area contributed by atoms with Crippen LogP contribution in [-0.4, -0.2) is 61.2 Å². The highest BCUT2D eigenvalue weighted by atomic mass is 16.4. The monoisotopic (exact) mass is 435 g/mol. The molecule has 2 aliphatic heterocycles. The summed E-state index contributed by atoms with van der Waals surface area (Å²) in [5, 5.41) is 10.8. The first kappa shape index (κ1) is 22.3. The van der Waals surface area contributed by atoms with E-state index < -0.39 is 5.97 Å². The van der Waals surface area contributed by atoms with Crippen molar-refractivity contribution in [2.24, 2.45) is 0 Å². The lowest BCUT2D eigenvalue weighted by atomic mass is 9.93. The summed E-state index contributed by atoms with van der Waals surface area (Å²) in [7, 11) is 0. The molecule has 3 aliphatic rings. The number of amides is 1. The average Bonchev–Trinajstić information content (AvgIpc) is 3.49. The van der Waals surface area contributed by atoms with Crippen molar-refractivity contribution in [3.05, 3.63) is 65.7 Å². The second kappa shape index (κ2) is 9.74. The maximum Gasteiger partial charge on any atom is 0.300 e. The zero-order chi connectivity index (χ0) is 22.6. The molecule has 2 heterocycles. The number of carbonyl (C=O) groups is 2. The van der Waals surface area contributed by atoms with Crippen LogP contribution in [0.1, 0.15) is 43.2 Å². The van der Waals surface area contributed by atoms with Gasteiger partial charge in [0.2, 0.25) is 5.91 Å². The second-order valence-electron chi connectivity index (χ2n) is 9.03. The first-order valence-corrected chi connectivity index (χ1v) is 11.6. The Morgan fingerprint density at radius 2 is 1.59 bits per heavy atom. The molecule has 2 aromatic carbocycles. The summed E-state index contributed by atoms with van der Waals surface area (Å²) >= 11 is 0. The molecule has 1 aliphatic carbocycles. The van der Waals surface area contributed by atoms with Crippen molar-refractivity contribution in [1.29, 1.82) is 0 Å². The average molecular weight is 436 g/mol. The van der Waals surface area contributed by atoms with Crippen molar-refractivity contribution in [3.8, 4) is 0 Å². The summed E-state index contributed by atoms with van der Waals surface area (Å²) in [6.45, 7) is 7.03. The number of carbonyl (C=O) groups excluding carboxylic acids is 1. The molecule has 32 heavy (non-hydrogen) atoms. The molecule has 6 heteroatoms. The fourth-order valence-electron chi connectivity index (χ4n) is 4.91. The Balaban J connectivity index is 0.000000567. The minimum absolute atomic E-state index is 0.256. The molecule has 170 valence electrons. The SMILES string of the molecule is CC(=O)O.O=C(N1CCC(c2ccccc2)C1)C1(c2ccc(N3CCNCC3)cc2)CC1. The van der Waals surface area contributed by atoms with Crippen LogP contribution in [0, 0.1) is 0 Å². The molecule has 5 rings (SSSR count). The summed E-state index contributed by atoms with van der Waals surface area (Å²) < 4.78 is 0. The molecule has 1 saturated carbocycles. The molecule has 1 unspecified atom stereocenters. The summed E-state index contributed by atoms with van der Waals surface area (Å²) in [6.07, 6.45) is 3.06. The van der Waals surface area contributed by atoms with Crippen LogP contribution >= 0.6 is 0 Å². The normalized spacial score (nSPS) is 21.5. The van der Waals surface area contributed by atoms with E-state index in [-0.39, 0.29) is 5.41 Å². The van der Waals surface area contributed by atoms with Gasteiger partial charge < -0.3 is 20.2 Å². The van der Waals surface area contributed by atoms with Gasteiger partial charge in [0.1, 0.15) is 0 Å². The number of rotatable bonds is 4. The Kier molecular flexibility index (Phi) is 6.80. The Bertz CT molecular complexity index is 915. The van der Waals surface area contributed by atoms with E-state index in [0.29, 0.717) is 11.8 Å². The number of likely N-dealkylation sites (tertiary alicyclic amines) is 1. The fourth-order valence-corrected chi connectivity index (χ4v) is 4.91. The van der Waals surface area contributed by atoms with Gasteiger partial charge in [-0.05, 0) is 42.5 Å². The molecule has 2 aromatic rings. The molecule has 0 radical (unpaired) electrons. The molecule has 0 aromatic heterocycles. The van der Waals surface area contributed by atoms with Gasteiger partial charge in [0.15, 0.2) is 0 Å². The largest absolute Gasteiger partial charge is 0.481 e. The molecule has 0 spiro atoms. The predicted octanol–water partition coefficient (Wildman–Crippen LogP) is 3.23. The van der Waals surface area contributed by atoms with Crippen molar-refractivity contribution in [1.82, 2.24) is 10.2 Å². The quantitative estimate of drug-likeness (QED) is 0.771. The van der Waals surface area contributed by atoms with Gasteiger partial charge in [-0.1, -0.05) is 42.5 Å². The third kappa shape index (κ3) is 4.96. The number of nitrogens with one attached hydrogen (secondary N) is 1. The molecular weight excluding hydrogens is 402 g/mol. The maximum absolute atomic E-state index is 13.4. The van der Waals surface area contributed by atoms with Gasteiger partial charge >= 0.3 is 0 Å². The lowest BCUT2D eigenvalue weighted by Gasteiger charge is -2.30. The van der Waals surface area contributed by atoms with Crippen LogP contribution in [0.5, 0.6) is 0 Å². The second-order valence-corrected chi connectivity index (χ2v) is 9.03. The Morgan fingerprint density at radius 1 is 0.969 bits per heavy atom. The van der Waals surface area contributed by atoms with Gasteiger partial charge in [-0.25, -0.2) is 0 Å². The van der Waals surface area contributed by atoms with Crippen molar-refractivity contribution in [3.63, 3.8) is 0 Å². The number of anilines is 1. The van der Waals surface area contributed by atoms with E-state index in [1.807, 2.05) is 0 Å². The first-order valence-electron chi connectivity index (χ1n) is 11.6. The van der Waals surface area contributed by atoms with Crippen LogP contribution in [-0.2, 0) is 15.0 Å². The van der Waals surface area contributed by atoms with Crippen molar-refractivity contribution in [2.45, 2.75) is 37.5 Å². The highest BCUT2D eigenvalue weighted by molar-refractivity contribution is 5.91. The van der Waals surface area contributed by atoms with E-state index in [0.717, 1.165) is 65.5 Å². The smallest absolute Gasteiger partial charge is 0.300 e. The van der Waals surface area contributed by atoms with Crippen molar-refractivity contribution >= 4 is 17.6 Å². The molecule has 6 nitrogen and oxygen atoms in total. The standard InChI is InChI=1S/C24H29N3O.C2H4O2/c28-23(27-15-10-20(18-27)19-4-2-1-3-5-19)24(11-12-24)21-6-8-22(9-7-21)26-16-13-25-14-17-26;1-2(3)4/h1-9,20,25H,10-18H2;1H3,(H,3,4). The van der Waals surface area contributed by atoms with Crippen LogP contribution < -0.4 is 10.2 Å². The topological polar surface area (TPSA) is 72.9 Å². The van der Waals surface area contributed by atoms with Crippen molar-refractivity contribution < 1.29 is 14.7 Å². The van der Waals surface area contributed by atoms with Gasteiger partial charge in [-0.3, -0.25) is 9.59 Å². The highest BCUT2D eigenvalue weighted by Gasteiger charge is 2.53. The van der Waals surface area contributed by atoms with E-state index in [1.165, 1.54) is 16.8 Å². The van der Waals surface area contributed by atoms with Crippen LogP contribution in [0.2, 0.25) is 0 Å². The number of piperazine rings is 1. The molecule has 0 bridgehead atoms. The minimum Gasteiger partial charge on any atom is -0.481 e. The molecule has 3 fully saturated rings. The Hall–Kier alpha value is -2.86. The number of hydrogen-bond acceptors (Lipinski definition) is 4. The zero-order valence-corrected chi connectivity index (χ0v) is 18.8. The van der Waals surface area contributed by atoms with Crippen LogP contribution in [0.4, 0.5) is 5.69 Å². The van der Waals surface area contributed by atoms with Crippen LogP contribution in [0.25, 0.3) is 0 Å². The fraction of sp³-hybridized carbons (Fsp3) is 0.462. The molecule has 2 N–H and O–H groups in total. The van der Waals surface area contributed by atoms with Gasteiger partial charge in [-0.2, -0.15) is 0 Å². The van der Waals surface area contributed by atoms with Gasteiger partial charge in [0.25, 0.3) is 5.97 Å². The molecule has 2 saturated heterocycles. The number of hydrogen-bond donors (Lipinski definition) is 2. The van der Waals surface area contributed by atoms with Crippen molar-refractivity contribution in [2.75, 3.05) is 44.2 Å². The minimum atomic E-state index is -0.833. The van der Waals surface area contributed by atoms with E-state index in [9.17, 15) is 4.79 Å². The summed E-state index contributed by atoms with van der Waals surface area (Å²) in [4.78, 5) is 26.9. The molecule has 1 atom stereocenters. The predicted molar refractivity (Wildman–Crippen MR) is 126 cm³/mol. The third-order valence-electron chi connectivity index (χ3n) is 6.81. The number of nitrogens with zero attached hydrogens (tertiary/aromatic N) is 2. The third-order valence-corrected chi connectivity index (χ3v) is 6.81. The van der Waals surface area contributed by atoms with Gasteiger partial charge in [0.05, 0.1) is 5.41 Å². The Morgan fingerprint density at radius 3 is 2.19 bits per heavy atom. The highest BCUT2D eigenvalue weighted by Crippen LogP contribution is 2.50. The van der Waals surface area contributed by atoms with Gasteiger partial charge in [-0.15, -0.1) is 0 Å². The van der Waals surface area contributed by atoms with E-state index in [4.69, 9.17) is 9.90 Å². The lowest BCUT2D eigenvalue weighted by molar-refractivity contribution is -0.134. The zero-order valence-electron chi connectivity index (χ0n) is 18.8. The van der Waals surface area contributed by atoms with Crippen LogP contribution in [0.3, 0.4) is 0 Å². The number of aliphatic carboxylic acids is 1. The summed E-state index contributed by atoms with van der Waals surface area (Å²) in [5.41, 5.74) is 3.59. The molecule has 1 amide bonds. The summed E-state index contributed by atoms with van der Waals surface area (Å²) in [6, 6.07) is 19.5. The Labute approximate surface area is 190 Å². The van der Waals surface area contributed by atoms with E-state index >= 15 is 0 Å². The van der Waals surface area contributed by atoms with Gasteiger partial charge in [0, 0.05) is 57.8 Å². The number of carboxylic acids is 1. The van der Waals surface area contributed by atoms with E-state index in [2.05, 4.69) is 69.7 Å². The van der Waals surface area contributed by atoms with E-state index in [1.54, 1.807) is 0 Å². The molecular formula is C26H33N3O3. The number of benzene rings is 2. The summed E-state index contributed by atoms with van der Waals surface area (Å²) in [5.74, 6) is -0.00288. The first-order chi connectivity index (χ1) is 15.5.